The number of aryl methyl sites for hydroxylation is 1. The summed E-state index contributed by atoms with van der Waals surface area (Å²) in [6.45, 7) is 2.80. The van der Waals surface area contributed by atoms with Crippen LogP contribution in [-0.2, 0) is 5.60 Å². The van der Waals surface area contributed by atoms with Crippen molar-refractivity contribution in [2.75, 3.05) is 20.6 Å². The van der Waals surface area contributed by atoms with Crippen molar-refractivity contribution < 1.29 is 10.2 Å². The van der Waals surface area contributed by atoms with Crippen molar-refractivity contribution >= 4 is 12.4 Å². The number of benzene rings is 1. The number of rotatable bonds is 3. The van der Waals surface area contributed by atoms with Crippen molar-refractivity contribution in [3.8, 4) is 5.75 Å². The van der Waals surface area contributed by atoms with E-state index in [4.69, 9.17) is 0 Å². The van der Waals surface area contributed by atoms with E-state index in [2.05, 4.69) is 19.0 Å². The Bertz CT molecular complexity index is 534. The number of hydrogen-bond donors (Lipinski definition) is 2. The molecule has 2 aliphatic carbocycles. The average Bonchev–Trinajstić information content (AvgIpc) is 2.81. The van der Waals surface area contributed by atoms with Crippen molar-refractivity contribution in [3.05, 3.63) is 29.3 Å². The van der Waals surface area contributed by atoms with Crippen molar-refractivity contribution in [2.45, 2.75) is 38.2 Å². The third kappa shape index (κ3) is 2.99. The van der Waals surface area contributed by atoms with Gasteiger partial charge in [-0.2, -0.15) is 0 Å². The minimum absolute atomic E-state index is 0. The maximum Gasteiger partial charge on any atom is 0.118 e. The molecule has 0 spiro atoms. The Morgan fingerprint density at radius 3 is 2.64 bits per heavy atom. The van der Waals surface area contributed by atoms with Gasteiger partial charge in [-0.05, 0) is 69.3 Å². The molecular formula is C18H28ClNO2. The number of nitrogens with zero attached hydrogens (tertiary/aromatic N) is 1. The van der Waals surface area contributed by atoms with E-state index in [1.807, 2.05) is 19.1 Å². The van der Waals surface area contributed by atoms with Crippen LogP contribution in [0.2, 0.25) is 0 Å². The second kappa shape index (κ2) is 6.38. The predicted octanol–water partition coefficient (Wildman–Crippen LogP) is 3.31. The molecular weight excluding hydrogens is 298 g/mol. The van der Waals surface area contributed by atoms with E-state index in [0.29, 0.717) is 17.6 Å². The van der Waals surface area contributed by atoms with Gasteiger partial charge in [-0.3, -0.25) is 0 Å². The maximum absolute atomic E-state index is 11.5. The number of phenols is 1. The van der Waals surface area contributed by atoms with Gasteiger partial charge in [-0.1, -0.05) is 18.6 Å². The summed E-state index contributed by atoms with van der Waals surface area (Å²) in [5.41, 5.74) is 0.971. The minimum atomic E-state index is -0.792. The number of aromatic hydroxyl groups is 1. The van der Waals surface area contributed by atoms with E-state index in [1.54, 1.807) is 6.07 Å². The molecule has 4 unspecified atom stereocenters. The second-order valence-corrected chi connectivity index (χ2v) is 7.44. The fraction of sp³-hybridized carbons (Fsp3) is 0.667. The third-order valence-corrected chi connectivity index (χ3v) is 5.63. The number of fused-ring (bicyclic) bond motifs is 2. The molecule has 2 bridgehead atoms. The van der Waals surface area contributed by atoms with Gasteiger partial charge in [0.05, 0.1) is 5.60 Å². The molecule has 3 rings (SSSR count). The molecule has 2 fully saturated rings. The van der Waals surface area contributed by atoms with Crippen LogP contribution in [0.15, 0.2) is 18.2 Å². The Morgan fingerprint density at radius 2 is 2.00 bits per heavy atom. The summed E-state index contributed by atoms with van der Waals surface area (Å²) in [5.74, 6) is 1.80. The molecule has 22 heavy (non-hydrogen) atoms. The number of aliphatic hydroxyl groups is 1. The van der Waals surface area contributed by atoms with Gasteiger partial charge in [0.15, 0.2) is 0 Å². The fourth-order valence-corrected chi connectivity index (χ4v) is 4.55. The molecule has 0 heterocycles. The molecule has 0 saturated heterocycles. The molecule has 0 radical (unpaired) electrons. The quantitative estimate of drug-likeness (QED) is 0.896. The van der Waals surface area contributed by atoms with Gasteiger partial charge in [0.1, 0.15) is 5.75 Å². The van der Waals surface area contributed by atoms with Crippen LogP contribution in [0.3, 0.4) is 0 Å². The summed E-state index contributed by atoms with van der Waals surface area (Å²) in [4.78, 5) is 2.18. The van der Waals surface area contributed by atoms with Crippen LogP contribution in [0.4, 0.5) is 0 Å². The zero-order valence-electron chi connectivity index (χ0n) is 13.7. The Kier molecular flexibility index (Phi) is 5.10. The molecule has 2 N–H and O–H groups in total. The smallest absolute Gasteiger partial charge is 0.118 e. The van der Waals surface area contributed by atoms with Gasteiger partial charge in [0.2, 0.25) is 0 Å². The van der Waals surface area contributed by atoms with Crippen LogP contribution < -0.4 is 0 Å². The first kappa shape index (κ1) is 17.6. The molecule has 0 aromatic heterocycles. The van der Waals surface area contributed by atoms with E-state index >= 15 is 0 Å². The highest BCUT2D eigenvalue weighted by molar-refractivity contribution is 5.85. The van der Waals surface area contributed by atoms with Crippen LogP contribution in [0.5, 0.6) is 5.75 Å². The molecule has 4 atom stereocenters. The highest BCUT2D eigenvalue weighted by atomic mass is 35.5. The van der Waals surface area contributed by atoms with E-state index in [0.717, 1.165) is 24.1 Å². The zero-order valence-corrected chi connectivity index (χ0v) is 14.6. The first-order chi connectivity index (χ1) is 9.90. The van der Waals surface area contributed by atoms with Gasteiger partial charge in [0, 0.05) is 12.5 Å². The normalized spacial score (nSPS) is 33.8. The first-order valence-electron chi connectivity index (χ1n) is 8.07. The van der Waals surface area contributed by atoms with Gasteiger partial charge >= 0.3 is 0 Å². The van der Waals surface area contributed by atoms with Crippen LogP contribution in [-0.4, -0.2) is 35.8 Å². The van der Waals surface area contributed by atoms with E-state index < -0.39 is 5.60 Å². The fourth-order valence-electron chi connectivity index (χ4n) is 4.55. The summed E-state index contributed by atoms with van der Waals surface area (Å²) < 4.78 is 0. The monoisotopic (exact) mass is 325 g/mol. The van der Waals surface area contributed by atoms with Gasteiger partial charge < -0.3 is 15.1 Å². The highest BCUT2D eigenvalue weighted by Crippen LogP contribution is 2.54. The lowest BCUT2D eigenvalue weighted by Gasteiger charge is -2.45. The molecule has 0 aliphatic heterocycles. The van der Waals surface area contributed by atoms with E-state index in [-0.39, 0.29) is 18.3 Å². The van der Waals surface area contributed by atoms with Crippen molar-refractivity contribution in [1.82, 2.24) is 4.90 Å². The van der Waals surface area contributed by atoms with Gasteiger partial charge in [0.25, 0.3) is 0 Å². The molecule has 4 heteroatoms. The Labute approximate surface area is 139 Å². The minimum Gasteiger partial charge on any atom is -0.508 e. The third-order valence-electron chi connectivity index (χ3n) is 5.63. The maximum atomic E-state index is 11.5. The molecule has 124 valence electrons. The second-order valence-electron chi connectivity index (χ2n) is 7.44. The zero-order chi connectivity index (χ0) is 15.2. The Hall–Kier alpha value is -0.770. The number of phenolic OH excluding ortho intramolecular Hbond substituents is 1. The molecule has 0 amide bonds. The number of hydrogen-bond acceptors (Lipinski definition) is 3. The average molecular weight is 326 g/mol. The summed E-state index contributed by atoms with van der Waals surface area (Å²) in [6.07, 6.45) is 4.58. The molecule has 1 aromatic carbocycles. The van der Waals surface area contributed by atoms with Gasteiger partial charge in [-0.25, -0.2) is 0 Å². The van der Waals surface area contributed by atoms with Crippen molar-refractivity contribution in [2.24, 2.45) is 17.8 Å². The van der Waals surface area contributed by atoms with Crippen molar-refractivity contribution in [1.29, 1.82) is 0 Å². The SMILES string of the molecule is Cc1ccc(C2(O)CC3CCC(C3)C2CN(C)C)cc1O.Cl. The first-order valence-corrected chi connectivity index (χ1v) is 8.07. The van der Waals surface area contributed by atoms with Crippen LogP contribution in [0.1, 0.15) is 36.8 Å². The lowest BCUT2D eigenvalue weighted by atomic mass is 9.66. The lowest BCUT2D eigenvalue weighted by Crippen LogP contribution is -2.47. The lowest BCUT2D eigenvalue weighted by molar-refractivity contribution is -0.0892. The highest BCUT2D eigenvalue weighted by Gasteiger charge is 2.51. The molecule has 1 aromatic rings. The number of halogens is 1. The van der Waals surface area contributed by atoms with Gasteiger partial charge in [-0.15, -0.1) is 12.4 Å². The van der Waals surface area contributed by atoms with Crippen LogP contribution >= 0.6 is 12.4 Å². The Morgan fingerprint density at radius 1 is 1.27 bits per heavy atom. The molecule has 2 aliphatic rings. The Balaban J connectivity index is 0.00000176. The molecule has 2 saturated carbocycles. The summed E-state index contributed by atoms with van der Waals surface area (Å²) in [7, 11) is 4.15. The van der Waals surface area contributed by atoms with Crippen molar-refractivity contribution in [3.63, 3.8) is 0 Å². The van der Waals surface area contributed by atoms with E-state index in [9.17, 15) is 10.2 Å². The largest absolute Gasteiger partial charge is 0.508 e. The topological polar surface area (TPSA) is 43.7 Å². The molecule has 3 nitrogen and oxygen atoms in total. The summed E-state index contributed by atoms with van der Waals surface area (Å²) in [6, 6.07) is 5.71. The summed E-state index contributed by atoms with van der Waals surface area (Å²) in [5, 5.41) is 21.5. The predicted molar refractivity (Wildman–Crippen MR) is 91.5 cm³/mol. The van der Waals surface area contributed by atoms with Crippen LogP contribution in [0.25, 0.3) is 0 Å². The van der Waals surface area contributed by atoms with Crippen LogP contribution in [0, 0.1) is 24.7 Å². The summed E-state index contributed by atoms with van der Waals surface area (Å²) >= 11 is 0. The standard InChI is InChI=1S/C18H27NO2.ClH/c1-12-4-7-15(9-17(12)20)18(21)10-13-5-6-14(8-13)16(18)11-19(2)3;/h4,7,9,13-14,16,20-21H,5-6,8,10-11H2,1-3H3;1H. The van der Waals surface area contributed by atoms with E-state index in [1.165, 1.54) is 19.3 Å².